The maximum atomic E-state index is 12.1. The van der Waals surface area contributed by atoms with Gasteiger partial charge in [0.05, 0.1) is 18.2 Å². The Kier molecular flexibility index (Phi) is 5.16. The lowest BCUT2D eigenvalue weighted by atomic mass is 9.87. The number of nitrogens with zero attached hydrogens (tertiary/aromatic N) is 1. The van der Waals surface area contributed by atoms with Crippen LogP contribution in [0.25, 0.3) is 11.1 Å². The van der Waals surface area contributed by atoms with E-state index in [1.54, 1.807) is 0 Å². The minimum atomic E-state index is -0.242. The fraction of sp³-hybridized carbons (Fsp3) is 0.240. The Morgan fingerprint density at radius 1 is 1.04 bits per heavy atom. The van der Waals surface area contributed by atoms with Gasteiger partial charge in [0.15, 0.2) is 0 Å². The number of carbonyl (C=O) groups excluding carboxylic acids is 1. The normalized spacial score (nSPS) is 20.4. The van der Waals surface area contributed by atoms with Crippen molar-refractivity contribution in [3.05, 3.63) is 95.9 Å². The van der Waals surface area contributed by atoms with Crippen LogP contribution < -0.4 is 0 Å². The summed E-state index contributed by atoms with van der Waals surface area (Å²) in [5.74, 6) is 0.103. The van der Waals surface area contributed by atoms with Gasteiger partial charge < -0.3 is 9.64 Å². The van der Waals surface area contributed by atoms with Crippen LogP contribution in [0.5, 0.6) is 0 Å². The summed E-state index contributed by atoms with van der Waals surface area (Å²) < 4.78 is 5.17. The molecule has 142 valence electrons. The Balaban J connectivity index is 1.52. The Morgan fingerprint density at radius 2 is 1.75 bits per heavy atom. The molecule has 2 aromatic rings. The van der Waals surface area contributed by atoms with Crippen LogP contribution in [0.2, 0.25) is 0 Å². The van der Waals surface area contributed by atoms with Gasteiger partial charge in [-0.05, 0) is 49.1 Å². The van der Waals surface area contributed by atoms with Crippen LogP contribution >= 0.6 is 0 Å². The van der Waals surface area contributed by atoms with Gasteiger partial charge in [-0.1, -0.05) is 60.2 Å². The highest BCUT2D eigenvalue weighted by Gasteiger charge is 2.33. The van der Waals surface area contributed by atoms with E-state index in [2.05, 4.69) is 66.6 Å². The van der Waals surface area contributed by atoms with Crippen molar-refractivity contribution in [1.82, 2.24) is 4.90 Å². The number of ether oxygens (including phenoxy) is 1. The second kappa shape index (κ2) is 7.89. The first-order valence-corrected chi connectivity index (χ1v) is 9.83. The molecule has 28 heavy (non-hydrogen) atoms. The predicted octanol–water partition coefficient (Wildman–Crippen LogP) is 5.12. The first-order chi connectivity index (χ1) is 13.7. The Hall–Kier alpha value is -3.07. The van der Waals surface area contributed by atoms with E-state index in [4.69, 9.17) is 4.74 Å². The molecule has 0 aliphatic carbocycles. The molecule has 3 nitrogen and oxygen atoms in total. The van der Waals surface area contributed by atoms with Gasteiger partial charge in [0.2, 0.25) is 0 Å². The molecule has 2 heterocycles. The average molecular weight is 371 g/mol. The van der Waals surface area contributed by atoms with E-state index in [1.165, 1.54) is 22.3 Å². The maximum absolute atomic E-state index is 12.1. The second-order valence-corrected chi connectivity index (χ2v) is 7.34. The van der Waals surface area contributed by atoms with Crippen molar-refractivity contribution in [2.75, 3.05) is 6.61 Å². The summed E-state index contributed by atoms with van der Waals surface area (Å²) >= 11 is 0. The minimum Gasteiger partial charge on any atom is -0.462 e. The molecular formula is C25H25NO2. The molecule has 0 amide bonds. The van der Waals surface area contributed by atoms with E-state index < -0.39 is 0 Å². The van der Waals surface area contributed by atoms with Crippen molar-refractivity contribution in [3.63, 3.8) is 0 Å². The number of esters is 1. The van der Waals surface area contributed by atoms with E-state index in [0.29, 0.717) is 18.1 Å². The van der Waals surface area contributed by atoms with E-state index >= 15 is 0 Å². The molecule has 0 radical (unpaired) electrons. The maximum Gasteiger partial charge on any atom is 0.337 e. The van der Waals surface area contributed by atoms with Crippen LogP contribution in [-0.2, 0) is 16.0 Å². The van der Waals surface area contributed by atoms with Crippen LogP contribution in [0.4, 0.5) is 0 Å². The quantitative estimate of drug-likeness (QED) is 0.684. The van der Waals surface area contributed by atoms with Crippen molar-refractivity contribution >= 4 is 5.97 Å². The molecular weight excluding hydrogens is 346 g/mol. The highest BCUT2D eigenvalue weighted by atomic mass is 16.5. The predicted molar refractivity (Wildman–Crippen MR) is 112 cm³/mol. The number of hydrogen-bond acceptors (Lipinski definition) is 3. The molecule has 2 aliphatic rings. The average Bonchev–Trinajstić information content (AvgIpc) is 3.04. The Morgan fingerprint density at radius 3 is 2.46 bits per heavy atom. The fourth-order valence-electron chi connectivity index (χ4n) is 3.99. The third-order valence-electron chi connectivity index (χ3n) is 5.50. The van der Waals surface area contributed by atoms with Gasteiger partial charge in [-0.15, -0.1) is 0 Å². The van der Waals surface area contributed by atoms with Gasteiger partial charge in [0.1, 0.15) is 0 Å². The zero-order valence-electron chi connectivity index (χ0n) is 16.3. The molecule has 0 N–H and O–H groups in total. The summed E-state index contributed by atoms with van der Waals surface area (Å²) in [5.41, 5.74) is 5.75. The van der Waals surface area contributed by atoms with Crippen molar-refractivity contribution in [3.8, 4) is 11.1 Å². The molecule has 2 atom stereocenters. The van der Waals surface area contributed by atoms with Gasteiger partial charge in [0.25, 0.3) is 0 Å². The summed E-state index contributed by atoms with van der Waals surface area (Å²) in [5, 5.41) is 0. The molecule has 0 bridgehead atoms. The molecule has 0 aromatic heterocycles. The number of hydrogen-bond donors (Lipinski definition) is 0. The SMILES string of the molecule is CCOC(=O)C1=CC2C(Cc3ccc(-c4ccccc4)cc3)C(C)=CN2C=C1. The summed E-state index contributed by atoms with van der Waals surface area (Å²) in [6.45, 7) is 4.40. The topological polar surface area (TPSA) is 29.5 Å². The van der Waals surface area contributed by atoms with Crippen LogP contribution in [0, 0.1) is 5.92 Å². The monoisotopic (exact) mass is 371 g/mol. The molecule has 3 heteroatoms. The van der Waals surface area contributed by atoms with E-state index in [9.17, 15) is 4.79 Å². The standard InChI is InChI=1S/C25H25NO2/c1-3-28-25(27)22-13-14-26-17-18(2)23(24(26)16-22)15-19-9-11-21(12-10-19)20-7-5-4-6-8-20/h4-14,16-17,23-24H,3,15H2,1-2H3. The van der Waals surface area contributed by atoms with Crippen molar-refractivity contribution in [1.29, 1.82) is 0 Å². The van der Waals surface area contributed by atoms with Crippen molar-refractivity contribution in [2.45, 2.75) is 26.3 Å². The summed E-state index contributed by atoms with van der Waals surface area (Å²) in [6.07, 6.45) is 9.00. The number of carbonyl (C=O) groups is 1. The molecule has 4 rings (SSSR count). The molecule has 2 unspecified atom stereocenters. The molecule has 2 aromatic carbocycles. The van der Waals surface area contributed by atoms with E-state index in [1.807, 2.05) is 31.3 Å². The van der Waals surface area contributed by atoms with Crippen LogP contribution in [0.3, 0.4) is 0 Å². The van der Waals surface area contributed by atoms with Gasteiger partial charge in [0, 0.05) is 18.3 Å². The molecule has 0 saturated heterocycles. The third-order valence-corrected chi connectivity index (χ3v) is 5.50. The van der Waals surface area contributed by atoms with Crippen LogP contribution in [0.1, 0.15) is 19.4 Å². The molecule has 0 fully saturated rings. The third kappa shape index (κ3) is 3.65. The second-order valence-electron chi connectivity index (χ2n) is 7.34. The lowest BCUT2D eigenvalue weighted by molar-refractivity contribution is -0.138. The molecule has 2 aliphatic heterocycles. The van der Waals surface area contributed by atoms with Gasteiger partial charge >= 0.3 is 5.97 Å². The summed E-state index contributed by atoms with van der Waals surface area (Å²) in [7, 11) is 0. The Labute approximate surface area is 166 Å². The number of rotatable bonds is 5. The van der Waals surface area contributed by atoms with Crippen LogP contribution in [0.15, 0.2) is 90.3 Å². The highest BCUT2D eigenvalue weighted by Crippen LogP contribution is 2.35. The lowest BCUT2D eigenvalue weighted by Gasteiger charge is -2.28. The van der Waals surface area contributed by atoms with Gasteiger partial charge in [-0.3, -0.25) is 0 Å². The van der Waals surface area contributed by atoms with E-state index in [0.717, 1.165) is 6.42 Å². The fourth-order valence-corrected chi connectivity index (χ4v) is 3.99. The number of fused-ring (bicyclic) bond motifs is 1. The van der Waals surface area contributed by atoms with Gasteiger partial charge in [-0.25, -0.2) is 4.79 Å². The molecule has 0 saturated carbocycles. The van der Waals surface area contributed by atoms with Crippen molar-refractivity contribution in [2.24, 2.45) is 5.92 Å². The van der Waals surface area contributed by atoms with Crippen molar-refractivity contribution < 1.29 is 9.53 Å². The highest BCUT2D eigenvalue weighted by molar-refractivity contribution is 5.92. The largest absolute Gasteiger partial charge is 0.462 e. The van der Waals surface area contributed by atoms with Crippen LogP contribution in [-0.4, -0.2) is 23.5 Å². The zero-order chi connectivity index (χ0) is 19.5. The lowest BCUT2D eigenvalue weighted by Crippen LogP contribution is -2.31. The first kappa shape index (κ1) is 18.3. The minimum absolute atomic E-state index is 0.165. The molecule has 0 spiro atoms. The number of benzene rings is 2. The smallest absolute Gasteiger partial charge is 0.337 e. The van der Waals surface area contributed by atoms with Gasteiger partial charge in [-0.2, -0.15) is 0 Å². The first-order valence-electron chi connectivity index (χ1n) is 9.83. The summed E-state index contributed by atoms with van der Waals surface area (Å²) in [4.78, 5) is 14.3. The Bertz CT molecular complexity index is 938. The van der Waals surface area contributed by atoms with E-state index in [-0.39, 0.29) is 12.0 Å². The zero-order valence-corrected chi connectivity index (χ0v) is 16.3. The summed E-state index contributed by atoms with van der Waals surface area (Å²) in [6, 6.07) is 19.4.